The minimum Gasteiger partial charge on any atom is -0.452 e. The van der Waals surface area contributed by atoms with E-state index in [-0.39, 0.29) is 5.91 Å². The van der Waals surface area contributed by atoms with E-state index in [0.717, 1.165) is 11.3 Å². The second-order valence-electron chi connectivity index (χ2n) is 4.86. The Morgan fingerprint density at radius 1 is 1.26 bits per heavy atom. The van der Waals surface area contributed by atoms with Crippen LogP contribution < -0.4 is 10.6 Å². The second kappa shape index (κ2) is 9.89. The van der Waals surface area contributed by atoms with Gasteiger partial charge in [0.25, 0.3) is 5.91 Å². The monoisotopic (exact) mass is 338 g/mol. The Hall–Kier alpha value is -2.02. The summed E-state index contributed by atoms with van der Waals surface area (Å²) in [4.78, 5) is 36.2. The van der Waals surface area contributed by atoms with Crippen LogP contribution in [0.5, 0.6) is 0 Å². The number of benzene rings is 1. The lowest BCUT2D eigenvalue weighted by Gasteiger charge is -2.14. The third kappa shape index (κ3) is 6.32. The topological polar surface area (TPSA) is 84.5 Å². The van der Waals surface area contributed by atoms with E-state index in [4.69, 9.17) is 4.74 Å². The van der Waals surface area contributed by atoms with Gasteiger partial charge in [-0.25, -0.2) is 4.79 Å². The summed E-state index contributed by atoms with van der Waals surface area (Å²) in [6.45, 7) is 3.65. The van der Waals surface area contributed by atoms with Gasteiger partial charge in [0.2, 0.25) is 5.91 Å². The van der Waals surface area contributed by atoms with E-state index in [0.29, 0.717) is 12.1 Å². The van der Waals surface area contributed by atoms with Crippen molar-refractivity contribution in [1.82, 2.24) is 10.6 Å². The van der Waals surface area contributed by atoms with Gasteiger partial charge in [-0.15, -0.1) is 11.8 Å². The maximum Gasteiger partial charge on any atom is 0.339 e. The van der Waals surface area contributed by atoms with Gasteiger partial charge in [0, 0.05) is 11.4 Å². The molecule has 0 heterocycles. The molecule has 0 aromatic heterocycles. The van der Waals surface area contributed by atoms with Crippen molar-refractivity contribution < 1.29 is 19.1 Å². The summed E-state index contributed by atoms with van der Waals surface area (Å²) in [6, 6.07) is 6.34. The normalized spacial score (nSPS) is 11.4. The van der Waals surface area contributed by atoms with Crippen LogP contribution in [0.25, 0.3) is 0 Å². The first-order valence-electron chi connectivity index (χ1n) is 7.36. The maximum atomic E-state index is 12.0. The molecular formula is C16H22N2O4S. The van der Waals surface area contributed by atoms with Crippen LogP contribution in [0.1, 0.15) is 30.6 Å². The fourth-order valence-electron chi connectivity index (χ4n) is 1.77. The molecule has 1 atom stereocenters. The number of carbonyl (C=O) groups excluding carboxylic acids is 3. The van der Waals surface area contributed by atoms with E-state index in [1.54, 1.807) is 19.1 Å². The predicted molar refractivity (Wildman–Crippen MR) is 89.4 cm³/mol. The van der Waals surface area contributed by atoms with Crippen LogP contribution in [-0.4, -0.2) is 43.2 Å². The summed E-state index contributed by atoms with van der Waals surface area (Å²) in [5.41, 5.74) is 0.418. The molecule has 0 aliphatic heterocycles. The van der Waals surface area contributed by atoms with Crippen LogP contribution in [0.4, 0.5) is 0 Å². The summed E-state index contributed by atoms with van der Waals surface area (Å²) < 4.78 is 5.00. The Morgan fingerprint density at radius 3 is 2.61 bits per heavy atom. The van der Waals surface area contributed by atoms with Crippen LogP contribution in [-0.2, 0) is 14.3 Å². The highest BCUT2D eigenvalue weighted by Gasteiger charge is 2.17. The third-order valence-electron chi connectivity index (χ3n) is 2.98. The van der Waals surface area contributed by atoms with Crippen molar-refractivity contribution >= 4 is 29.5 Å². The molecule has 7 heteroatoms. The number of hydrogen-bond acceptors (Lipinski definition) is 5. The lowest BCUT2D eigenvalue weighted by atomic mass is 10.2. The largest absolute Gasteiger partial charge is 0.452 e. The van der Waals surface area contributed by atoms with Crippen molar-refractivity contribution in [2.24, 2.45) is 0 Å². The number of rotatable bonds is 8. The Balaban J connectivity index is 2.46. The molecule has 6 nitrogen and oxygen atoms in total. The molecule has 23 heavy (non-hydrogen) atoms. The molecule has 1 aromatic carbocycles. The molecule has 0 fully saturated rings. The maximum absolute atomic E-state index is 12.0. The molecule has 1 aromatic rings. The van der Waals surface area contributed by atoms with Crippen LogP contribution in [0.3, 0.4) is 0 Å². The summed E-state index contributed by atoms with van der Waals surface area (Å²) in [7, 11) is 0. The highest BCUT2D eigenvalue weighted by molar-refractivity contribution is 7.98. The fraction of sp³-hybridized carbons (Fsp3) is 0.438. The Bertz CT molecular complexity index is 563. The van der Waals surface area contributed by atoms with Crippen molar-refractivity contribution in [2.45, 2.75) is 31.2 Å². The van der Waals surface area contributed by atoms with E-state index in [1.807, 2.05) is 25.3 Å². The number of amides is 2. The molecule has 0 aliphatic carbocycles. The van der Waals surface area contributed by atoms with Crippen molar-refractivity contribution in [1.29, 1.82) is 0 Å². The average Bonchev–Trinajstić information content (AvgIpc) is 2.57. The number of hydrogen-bond donors (Lipinski definition) is 2. The second-order valence-corrected chi connectivity index (χ2v) is 5.70. The molecule has 2 amide bonds. The molecule has 0 bridgehead atoms. The van der Waals surface area contributed by atoms with Gasteiger partial charge in [-0.05, 0) is 31.7 Å². The quantitative estimate of drug-likeness (QED) is 0.555. The van der Waals surface area contributed by atoms with E-state index in [1.165, 1.54) is 11.8 Å². The molecule has 0 unspecified atom stereocenters. The third-order valence-corrected chi connectivity index (χ3v) is 3.78. The van der Waals surface area contributed by atoms with Crippen LogP contribution in [0.15, 0.2) is 29.2 Å². The Kier molecular flexibility index (Phi) is 8.18. The molecular weight excluding hydrogens is 316 g/mol. The molecule has 0 spiro atoms. The number of carbonyl (C=O) groups is 3. The Labute approximate surface area is 140 Å². The highest BCUT2D eigenvalue weighted by Crippen LogP contribution is 2.20. The van der Waals surface area contributed by atoms with Crippen LogP contribution in [0, 0.1) is 0 Å². The van der Waals surface area contributed by atoms with Gasteiger partial charge in [0.1, 0.15) is 6.04 Å². The zero-order valence-corrected chi connectivity index (χ0v) is 14.4. The zero-order chi connectivity index (χ0) is 17.2. The van der Waals surface area contributed by atoms with E-state index < -0.39 is 24.5 Å². The molecule has 126 valence electrons. The van der Waals surface area contributed by atoms with Gasteiger partial charge in [0.15, 0.2) is 6.61 Å². The van der Waals surface area contributed by atoms with Crippen LogP contribution in [0.2, 0.25) is 0 Å². The van der Waals surface area contributed by atoms with Gasteiger partial charge in [-0.1, -0.05) is 19.1 Å². The van der Waals surface area contributed by atoms with Gasteiger partial charge < -0.3 is 15.4 Å². The van der Waals surface area contributed by atoms with Gasteiger partial charge >= 0.3 is 5.97 Å². The van der Waals surface area contributed by atoms with E-state index >= 15 is 0 Å². The van der Waals surface area contributed by atoms with Crippen LogP contribution >= 0.6 is 11.8 Å². The van der Waals surface area contributed by atoms with Crippen molar-refractivity contribution in [3.8, 4) is 0 Å². The minimum absolute atomic E-state index is 0.265. The van der Waals surface area contributed by atoms with Crippen molar-refractivity contribution in [3.63, 3.8) is 0 Å². The molecule has 0 aliphatic rings. The lowest BCUT2D eigenvalue weighted by Crippen LogP contribution is -2.46. The van der Waals surface area contributed by atoms with Gasteiger partial charge in [0.05, 0.1) is 5.56 Å². The summed E-state index contributed by atoms with van der Waals surface area (Å²) in [5.74, 6) is -1.34. The predicted octanol–water partition coefficient (Wildman–Crippen LogP) is 1.60. The number of nitrogens with one attached hydrogen (secondary N) is 2. The SMILES string of the molecule is CCCNC(=O)[C@H](C)NC(=O)COC(=O)c1ccccc1SC. The highest BCUT2D eigenvalue weighted by atomic mass is 32.2. The first-order chi connectivity index (χ1) is 11.0. The van der Waals surface area contributed by atoms with Crippen molar-refractivity contribution in [2.75, 3.05) is 19.4 Å². The zero-order valence-electron chi connectivity index (χ0n) is 13.5. The van der Waals surface area contributed by atoms with Crippen molar-refractivity contribution in [3.05, 3.63) is 29.8 Å². The fourth-order valence-corrected chi connectivity index (χ4v) is 2.36. The number of thioether (sulfide) groups is 1. The molecule has 1 rings (SSSR count). The lowest BCUT2D eigenvalue weighted by molar-refractivity contribution is -0.130. The first-order valence-corrected chi connectivity index (χ1v) is 8.59. The molecule has 0 radical (unpaired) electrons. The van der Waals surface area contributed by atoms with Gasteiger partial charge in [-0.2, -0.15) is 0 Å². The molecule has 2 N–H and O–H groups in total. The smallest absolute Gasteiger partial charge is 0.339 e. The summed E-state index contributed by atoms with van der Waals surface area (Å²) in [5, 5.41) is 5.17. The van der Waals surface area contributed by atoms with E-state index in [9.17, 15) is 14.4 Å². The average molecular weight is 338 g/mol. The van der Waals surface area contributed by atoms with Gasteiger partial charge in [-0.3, -0.25) is 9.59 Å². The Morgan fingerprint density at radius 2 is 1.96 bits per heavy atom. The first kappa shape index (κ1) is 19.0. The van der Waals surface area contributed by atoms with E-state index in [2.05, 4.69) is 10.6 Å². The number of ether oxygens (including phenoxy) is 1. The number of esters is 1. The standard InChI is InChI=1S/C16H22N2O4S/c1-4-9-17-15(20)11(2)18-14(19)10-22-16(21)12-7-5-6-8-13(12)23-3/h5-8,11H,4,9-10H2,1-3H3,(H,17,20)(H,18,19)/t11-/m0/s1. The summed E-state index contributed by atoms with van der Waals surface area (Å²) in [6.07, 6.45) is 2.67. The molecule has 0 saturated heterocycles. The summed E-state index contributed by atoms with van der Waals surface area (Å²) >= 11 is 1.43. The molecule has 0 saturated carbocycles. The minimum atomic E-state index is -0.675.